The lowest BCUT2D eigenvalue weighted by Gasteiger charge is -2.05. The number of benzene rings is 1. The molecule has 27 heavy (non-hydrogen) atoms. The Bertz CT molecular complexity index is 989. The van der Waals surface area contributed by atoms with Crippen molar-refractivity contribution in [3.05, 3.63) is 65.7 Å². The molecule has 1 aromatic carbocycles. The van der Waals surface area contributed by atoms with Crippen molar-refractivity contribution in [2.75, 3.05) is 0 Å². The van der Waals surface area contributed by atoms with Crippen molar-refractivity contribution in [2.24, 2.45) is 0 Å². The minimum atomic E-state index is -0.482. The molecule has 1 amide bonds. The van der Waals surface area contributed by atoms with E-state index in [1.165, 1.54) is 28.8 Å². The van der Waals surface area contributed by atoms with E-state index in [9.17, 15) is 13.6 Å². The van der Waals surface area contributed by atoms with E-state index < -0.39 is 11.6 Å². The highest BCUT2D eigenvalue weighted by atomic mass is 32.2. The number of nitrogens with one attached hydrogen (secondary N) is 1. The van der Waals surface area contributed by atoms with E-state index >= 15 is 0 Å². The molecule has 1 fully saturated rings. The summed E-state index contributed by atoms with van der Waals surface area (Å²) in [5.74, 6) is -0.437. The lowest BCUT2D eigenvalue weighted by atomic mass is 10.2. The molecule has 1 saturated carbocycles. The van der Waals surface area contributed by atoms with Crippen LogP contribution in [-0.4, -0.2) is 31.7 Å². The van der Waals surface area contributed by atoms with E-state index in [2.05, 4.69) is 20.4 Å². The van der Waals surface area contributed by atoms with Crippen molar-refractivity contribution >= 4 is 17.7 Å². The van der Waals surface area contributed by atoms with Gasteiger partial charge in [0.25, 0.3) is 5.91 Å². The molecule has 9 heteroatoms. The van der Waals surface area contributed by atoms with Gasteiger partial charge in [-0.1, -0.05) is 0 Å². The van der Waals surface area contributed by atoms with Crippen LogP contribution in [0.2, 0.25) is 0 Å². The second-order valence-corrected chi connectivity index (χ2v) is 7.13. The van der Waals surface area contributed by atoms with E-state index in [1.54, 1.807) is 18.3 Å². The first-order valence-electron chi connectivity index (χ1n) is 8.34. The van der Waals surface area contributed by atoms with Gasteiger partial charge in [-0.2, -0.15) is 5.10 Å². The average Bonchev–Trinajstić information content (AvgIpc) is 3.34. The molecule has 0 spiro atoms. The molecule has 0 unspecified atom stereocenters. The van der Waals surface area contributed by atoms with Crippen molar-refractivity contribution in [3.8, 4) is 5.82 Å². The summed E-state index contributed by atoms with van der Waals surface area (Å²) >= 11 is 1.26. The van der Waals surface area contributed by atoms with Crippen molar-refractivity contribution < 1.29 is 13.6 Å². The van der Waals surface area contributed by atoms with Gasteiger partial charge >= 0.3 is 0 Å². The highest BCUT2D eigenvalue weighted by Crippen LogP contribution is 2.24. The van der Waals surface area contributed by atoms with Crippen LogP contribution in [-0.2, 0) is 5.75 Å². The number of halogens is 2. The second kappa shape index (κ2) is 7.43. The minimum absolute atomic E-state index is 0.207. The maximum atomic E-state index is 13.7. The highest BCUT2D eigenvalue weighted by Gasteiger charge is 2.24. The summed E-state index contributed by atoms with van der Waals surface area (Å²) in [6.07, 6.45) is 5.02. The van der Waals surface area contributed by atoms with Crippen molar-refractivity contribution in [3.63, 3.8) is 0 Å². The van der Waals surface area contributed by atoms with E-state index in [0.717, 1.165) is 25.0 Å². The van der Waals surface area contributed by atoms with Crippen LogP contribution in [0.15, 0.2) is 47.9 Å². The van der Waals surface area contributed by atoms with Crippen LogP contribution in [0.3, 0.4) is 0 Å². The normalized spacial score (nSPS) is 13.6. The summed E-state index contributed by atoms with van der Waals surface area (Å²) in [6, 6.07) is 6.91. The summed E-state index contributed by atoms with van der Waals surface area (Å²) in [4.78, 5) is 20.3. The number of nitrogens with zero attached hydrogens (tertiary/aromatic N) is 4. The fraction of sp³-hybridized carbons (Fsp3) is 0.222. The SMILES string of the molecule is O=C(NC1CC1)c1ccn(-c2cc(SCc3cc(F)ccc3F)ncn2)n1. The summed E-state index contributed by atoms with van der Waals surface area (Å²) in [6.45, 7) is 0. The van der Waals surface area contributed by atoms with E-state index in [0.29, 0.717) is 16.5 Å². The highest BCUT2D eigenvalue weighted by molar-refractivity contribution is 7.98. The van der Waals surface area contributed by atoms with Crippen molar-refractivity contribution in [2.45, 2.75) is 29.7 Å². The van der Waals surface area contributed by atoms with Gasteiger partial charge in [-0.25, -0.2) is 23.4 Å². The van der Waals surface area contributed by atoms with Gasteiger partial charge in [0.05, 0.1) is 0 Å². The Balaban J connectivity index is 1.46. The minimum Gasteiger partial charge on any atom is -0.348 e. The van der Waals surface area contributed by atoms with Crippen LogP contribution in [0.4, 0.5) is 8.78 Å². The maximum Gasteiger partial charge on any atom is 0.272 e. The van der Waals surface area contributed by atoms with Gasteiger partial charge in [0.2, 0.25) is 0 Å². The largest absolute Gasteiger partial charge is 0.348 e. The summed E-state index contributed by atoms with van der Waals surface area (Å²) in [5.41, 5.74) is 0.579. The molecule has 4 rings (SSSR count). The molecule has 1 aliphatic rings. The van der Waals surface area contributed by atoms with Crippen LogP contribution in [0.25, 0.3) is 5.82 Å². The molecular weight excluding hydrogens is 372 g/mol. The zero-order chi connectivity index (χ0) is 18.8. The molecule has 1 aliphatic carbocycles. The second-order valence-electron chi connectivity index (χ2n) is 6.13. The standard InChI is InChI=1S/C18H15F2N5OS/c19-12-1-4-14(20)11(7-12)9-27-17-8-16(21-10-22-17)25-6-5-15(24-25)18(26)23-13-2-3-13/h1,4-8,10,13H,2-3,9H2,(H,23,26). The zero-order valence-electron chi connectivity index (χ0n) is 14.1. The van der Waals surface area contributed by atoms with Gasteiger partial charge in [0.15, 0.2) is 11.5 Å². The first-order chi connectivity index (χ1) is 13.1. The molecular formula is C18H15F2N5OS. The molecule has 3 aromatic rings. The lowest BCUT2D eigenvalue weighted by molar-refractivity contribution is 0.0945. The third kappa shape index (κ3) is 4.30. The van der Waals surface area contributed by atoms with Gasteiger partial charge in [0.1, 0.15) is 23.0 Å². The summed E-state index contributed by atoms with van der Waals surface area (Å²) in [7, 11) is 0. The Morgan fingerprint density at radius 1 is 1.22 bits per heavy atom. The fourth-order valence-electron chi connectivity index (χ4n) is 2.40. The Morgan fingerprint density at radius 3 is 2.89 bits per heavy atom. The lowest BCUT2D eigenvalue weighted by Crippen LogP contribution is -2.25. The molecule has 0 radical (unpaired) electrons. The van der Waals surface area contributed by atoms with Crippen LogP contribution < -0.4 is 5.32 Å². The third-order valence-corrected chi connectivity index (χ3v) is 4.95. The number of hydrogen-bond donors (Lipinski definition) is 1. The van der Waals surface area contributed by atoms with Crippen molar-refractivity contribution in [1.29, 1.82) is 0 Å². The number of amides is 1. The predicted octanol–water partition coefficient (Wildman–Crippen LogP) is 3.13. The maximum absolute atomic E-state index is 13.7. The van der Waals surface area contributed by atoms with Crippen LogP contribution in [0, 0.1) is 11.6 Å². The van der Waals surface area contributed by atoms with E-state index in [1.807, 2.05) is 0 Å². The molecule has 0 bridgehead atoms. The van der Waals surface area contributed by atoms with Crippen LogP contribution >= 0.6 is 11.8 Å². The predicted molar refractivity (Wildman–Crippen MR) is 95.6 cm³/mol. The van der Waals surface area contributed by atoms with Crippen molar-refractivity contribution in [1.82, 2.24) is 25.1 Å². The topological polar surface area (TPSA) is 72.7 Å². The Kier molecular flexibility index (Phi) is 4.85. The average molecular weight is 387 g/mol. The zero-order valence-corrected chi connectivity index (χ0v) is 14.9. The third-order valence-electron chi connectivity index (χ3n) is 3.98. The number of thioether (sulfide) groups is 1. The number of aromatic nitrogens is 4. The first-order valence-corrected chi connectivity index (χ1v) is 9.33. The van der Waals surface area contributed by atoms with E-state index in [4.69, 9.17) is 0 Å². The van der Waals surface area contributed by atoms with Gasteiger partial charge < -0.3 is 5.32 Å². The monoisotopic (exact) mass is 387 g/mol. The Labute approximate surface area is 158 Å². The molecule has 2 heterocycles. The van der Waals surface area contributed by atoms with E-state index in [-0.39, 0.29) is 23.3 Å². The molecule has 2 aromatic heterocycles. The Morgan fingerprint density at radius 2 is 2.07 bits per heavy atom. The number of carbonyl (C=O) groups excluding carboxylic acids is 1. The summed E-state index contributed by atoms with van der Waals surface area (Å²) < 4.78 is 28.5. The van der Waals surface area contributed by atoms with Gasteiger partial charge in [0, 0.05) is 29.6 Å². The summed E-state index contributed by atoms with van der Waals surface area (Å²) in [5, 5.41) is 7.70. The van der Waals surface area contributed by atoms with Gasteiger partial charge in [-0.3, -0.25) is 4.79 Å². The van der Waals surface area contributed by atoms with Gasteiger partial charge in [-0.15, -0.1) is 11.8 Å². The van der Waals surface area contributed by atoms with Gasteiger partial charge in [-0.05, 0) is 37.1 Å². The number of rotatable bonds is 6. The first kappa shape index (κ1) is 17.6. The smallest absolute Gasteiger partial charge is 0.272 e. The van der Waals surface area contributed by atoms with Crippen LogP contribution in [0.1, 0.15) is 28.9 Å². The molecule has 0 aliphatic heterocycles. The molecule has 0 atom stereocenters. The molecule has 1 N–H and O–H groups in total. The Hall–Kier alpha value is -2.81. The molecule has 0 saturated heterocycles. The molecule has 138 valence electrons. The molecule has 6 nitrogen and oxygen atoms in total. The van der Waals surface area contributed by atoms with Crippen LogP contribution in [0.5, 0.6) is 0 Å². The fourth-order valence-corrected chi connectivity index (χ4v) is 3.23. The quantitative estimate of drug-likeness (QED) is 0.520. The number of carbonyl (C=O) groups is 1. The number of hydrogen-bond acceptors (Lipinski definition) is 5.